The largest absolute Gasteiger partial charge is 0.490 e. The van der Waals surface area contributed by atoms with E-state index in [0.29, 0.717) is 24.5 Å². The summed E-state index contributed by atoms with van der Waals surface area (Å²) < 4.78 is 52.7. The van der Waals surface area contributed by atoms with E-state index >= 15 is 0 Å². The van der Waals surface area contributed by atoms with E-state index in [0.717, 1.165) is 12.8 Å². The quantitative estimate of drug-likeness (QED) is 0.427. The zero-order valence-electron chi connectivity index (χ0n) is 18.1. The SMILES string of the molecule is CC[C@@H](NS(=O)(=O)CCCOCN1CCC(=O)NC1=O)c1ccc(F)c(OCC2CC2)c1. The lowest BCUT2D eigenvalue weighted by Gasteiger charge is -2.26. The predicted octanol–water partition coefficient (Wildman–Crippen LogP) is 2.29. The number of carbonyl (C=O) groups is 2. The summed E-state index contributed by atoms with van der Waals surface area (Å²) in [5.41, 5.74) is 0.644. The first-order chi connectivity index (χ1) is 15.3. The van der Waals surface area contributed by atoms with Crippen LogP contribution in [0.4, 0.5) is 9.18 Å². The monoisotopic (exact) mass is 471 g/mol. The molecule has 1 atom stereocenters. The van der Waals surface area contributed by atoms with Crippen LogP contribution in [0.25, 0.3) is 0 Å². The average Bonchev–Trinajstić information content (AvgIpc) is 3.57. The highest BCUT2D eigenvalue weighted by Gasteiger charge is 2.24. The normalized spacial score (nSPS) is 17.9. The van der Waals surface area contributed by atoms with Crippen LogP contribution in [-0.4, -0.2) is 57.5 Å². The zero-order chi connectivity index (χ0) is 23.1. The van der Waals surface area contributed by atoms with E-state index in [2.05, 4.69) is 10.0 Å². The number of halogens is 1. The van der Waals surface area contributed by atoms with Crippen LogP contribution in [0, 0.1) is 11.7 Å². The first-order valence-corrected chi connectivity index (χ1v) is 12.5. The summed E-state index contributed by atoms with van der Waals surface area (Å²) in [5.74, 6) is -0.315. The van der Waals surface area contributed by atoms with Crippen LogP contribution >= 0.6 is 0 Å². The smallest absolute Gasteiger partial charge is 0.325 e. The Balaban J connectivity index is 1.45. The summed E-state index contributed by atoms with van der Waals surface area (Å²) in [7, 11) is -3.61. The first-order valence-electron chi connectivity index (χ1n) is 10.9. The van der Waals surface area contributed by atoms with Gasteiger partial charge >= 0.3 is 6.03 Å². The van der Waals surface area contributed by atoms with Crippen molar-refractivity contribution in [1.82, 2.24) is 14.9 Å². The highest BCUT2D eigenvalue weighted by molar-refractivity contribution is 7.89. The van der Waals surface area contributed by atoms with Crippen LogP contribution in [0.5, 0.6) is 5.75 Å². The number of benzene rings is 1. The van der Waals surface area contributed by atoms with Crippen LogP contribution in [0.2, 0.25) is 0 Å². The van der Waals surface area contributed by atoms with Gasteiger partial charge in [0.1, 0.15) is 6.73 Å². The molecule has 3 rings (SSSR count). The molecule has 1 heterocycles. The van der Waals surface area contributed by atoms with Gasteiger partial charge in [0, 0.05) is 25.6 Å². The lowest BCUT2D eigenvalue weighted by Crippen LogP contribution is -2.50. The summed E-state index contributed by atoms with van der Waals surface area (Å²) in [6, 6.07) is 3.41. The Hall–Kier alpha value is -2.24. The Morgan fingerprint density at radius 3 is 2.78 bits per heavy atom. The minimum atomic E-state index is -3.61. The second-order valence-corrected chi connectivity index (χ2v) is 9.97. The van der Waals surface area contributed by atoms with E-state index in [9.17, 15) is 22.4 Å². The number of imide groups is 1. The molecule has 2 aliphatic rings. The Morgan fingerprint density at radius 2 is 2.09 bits per heavy atom. The maximum absolute atomic E-state index is 14.0. The summed E-state index contributed by atoms with van der Waals surface area (Å²) >= 11 is 0. The van der Waals surface area contributed by atoms with Crippen LogP contribution in [0.1, 0.15) is 50.6 Å². The Labute approximate surface area is 187 Å². The molecule has 9 nitrogen and oxygen atoms in total. The number of nitrogens with zero attached hydrogens (tertiary/aromatic N) is 1. The van der Waals surface area contributed by atoms with Crippen LogP contribution in [-0.2, 0) is 19.6 Å². The fraction of sp³-hybridized carbons (Fsp3) is 0.619. The minimum absolute atomic E-state index is 0.0105. The molecule has 11 heteroatoms. The Bertz CT molecular complexity index is 922. The van der Waals surface area contributed by atoms with Gasteiger partial charge in [-0.25, -0.2) is 22.3 Å². The van der Waals surface area contributed by atoms with Crippen molar-refractivity contribution in [3.63, 3.8) is 0 Å². The maximum Gasteiger partial charge on any atom is 0.325 e. The van der Waals surface area contributed by atoms with Gasteiger partial charge < -0.3 is 14.4 Å². The van der Waals surface area contributed by atoms with Crippen molar-refractivity contribution in [3.05, 3.63) is 29.6 Å². The number of rotatable bonds is 13. The summed E-state index contributed by atoms with van der Waals surface area (Å²) in [6.07, 6.45) is 3.12. The van der Waals surface area contributed by atoms with Crippen LogP contribution in [0.3, 0.4) is 0 Å². The molecule has 1 aromatic carbocycles. The van der Waals surface area contributed by atoms with Crippen LogP contribution < -0.4 is 14.8 Å². The maximum atomic E-state index is 14.0. The number of amides is 3. The number of sulfonamides is 1. The molecular formula is C21H30FN3O6S. The highest BCUT2D eigenvalue weighted by atomic mass is 32.2. The fourth-order valence-corrected chi connectivity index (χ4v) is 4.60. The average molecular weight is 472 g/mol. The topological polar surface area (TPSA) is 114 Å². The third-order valence-corrected chi connectivity index (χ3v) is 6.82. The van der Waals surface area contributed by atoms with Gasteiger partial charge in [0.15, 0.2) is 11.6 Å². The van der Waals surface area contributed by atoms with Gasteiger partial charge in [-0.1, -0.05) is 13.0 Å². The molecular weight excluding hydrogens is 441 g/mol. The number of hydrogen-bond acceptors (Lipinski definition) is 6. The van der Waals surface area contributed by atoms with Gasteiger partial charge in [-0.05, 0) is 49.3 Å². The summed E-state index contributed by atoms with van der Waals surface area (Å²) in [6.45, 7) is 2.72. The summed E-state index contributed by atoms with van der Waals surface area (Å²) in [5, 5.41) is 2.19. The fourth-order valence-electron chi connectivity index (χ4n) is 3.25. The number of hydrogen-bond donors (Lipinski definition) is 2. The van der Waals surface area contributed by atoms with Crippen molar-refractivity contribution in [3.8, 4) is 5.75 Å². The minimum Gasteiger partial charge on any atom is -0.490 e. The van der Waals surface area contributed by atoms with Crippen molar-refractivity contribution in [2.75, 3.05) is 32.2 Å². The molecule has 1 aliphatic heterocycles. The van der Waals surface area contributed by atoms with Gasteiger partial charge in [-0.3, -0.25) is 10.1 Å². The van der Waals surface area contributed by atoms with Crippen molar-refractivity contribution in [2.24, 2.45) is 5.92 Å². The summed E-state index contributed by atoms with van der Waals surface area (Å²) in [4.78, 5) is 24.1. The third-order valence-electron chi connectivity index (χ3n) is 5.35. The van der Waals surface area contributed by atoms with Crippen LogP contribution in [0.15, 0.2) is 18.2 Å². The van der Waals surface area contributed by atoms with E-state index in [1.165, 1.54) is 11.0 Å². The molecule has 0 aromatic heterocycles. The molecule has 0 radical (unpaired) electrons. The van der Waals surface area contributed by atoms with E-state index in [1.54, 1.807) is 12.1 Å². The molecule has 0 bridgehead atoms. The Morgan fingerprint density at radius 1 is 1.31 bits per heavy atom. The zero-order valence-corrected chi connectivity index (χ0v) is 19.0. The van der Waals surface area contributed by atoms with E-state index in [-0.39, 0.29) is 50.1 Å². The molecule has 0 spiro atoms. The molecule has 3 amide bonds. The standard InChI is InChI=1S/C21H30FN3O6S/c1-2-18(16-6-7-17(22)19(12-16)31-13-15-4-5-15)24-32(28,29)11-3-10-30-14-25-9-8-20(26)23-21(25)27/h6-7,12,15,18,24H,2-5,8-11,13-14H2,1H3,(H,23,26,27)/t18-/m1/s1. The first kappa shape index (κ1) is 24.4. The molecule has 2 N–H and O–H groups in total. The van der Waals surface area contributed by atoms with E-state index in [1.807, 2.05) is 6.92 Å². The number of carbonyl (C=O) groups excluding carboxylic acids is 2. The predicted molar refractivity (Wildman–Crippen MR) is 115 cm³/mol. The number of ether oxygens (including phenoxy) is 2. The molecule has 0 unspecified atom stereocenters. The molecule has 1 aliphatic carbocycles. The van der Waals surface area contributed by atoms with Gasteiger partial charge in [0.2, 0.25) is 15.9 Å². The van der Waals surface area contributed by atoms with Gasteiger partial charge in [0.05, 0.1) is 12.4 Å². The highest BCUT2D eigenvalue weighted by Crippen LogP contribution is 2.31. The third kappa shape index (κ3) is 7.42. The molecule has 32 heavy (non-hydrogen) atoms. The second-order valence-electron chi connectivity index (χ2n) is 8.10. The second kappa shape index (κ2) is 11.1. The molecule has 2 fully saturated rings. The van der Waals surface area contributed by atoms with Crippen molar-refractivity contribution in [2.45, 2.75) is 45.1 Å². The number of nitrogens with one attached hydrogen (secondary N) is 2. The molecule has 178 valence electrons. The van der Waals surface area contributed by atoms with Crippen molar-refractivity contribution >= 4 is 22.0 Å². The van der Waals surface area contributed by atoms with Crippen molar-refractivity contribution < 1.29 is 31.9 Å². The molecule has 1 saturated carbocycles. The van der Waals surface area contributed by atoms with Gasteiger partial charge in [-0.2, -0.15) is 0 Å². The van der Waals surface area contributed by atoms with Gasteiger partial charge in [-0.15, -0.1) is 0 Å². The van der Waals surface area contributed by atoms with Crippen molar-refractivity contribution in [1.29, 1.82) is 0 Å². The Kier molecular flexibility index (Phi) is 8.44. The molecule has 1 saturated heterocycles. The lowest BCUT2D eigenvalue weighted by atomic mass is 10.1. The van der Waals surface area contributed by atoms with E-state index in [4.69, 9.17) is 9.47 Å². The molecule has 1 aromatic rings. The van der Waals surface area contributed by atoms with E-state index < -0.39 is 27.9 Å². The van der Waals surface area contributed by atoms with Gasteiger partial charge in [0.25, 0.3) is 0 Å². The number of urea groups is 1. The lowest BCUT2D eigenvalue weighted by molar-refractivity contribution is -0.122.